The second kappa shape index (κ2) is 12.6. The summed E-state index contributed by atoms with van der Waals surface area (Å²) in [5.41, 5.74) is 1.29. The Hall–Kier alpha value is -1.77. The quantitative estimate of drug-likeness (QED) is 0.247. The monoisotopic (exact) mass is 346 g/mol. The highest BCUT2D eigenvalue weighted by molar-refractivity contribution is 5.99. The number of unbranched alkanes of at least 4 members (excludes halogenated alkanes) is 7. The second-order valence-electron chi connectivity index (χ2n) is 6.78. The van der Waals surface area contributed by atoms with Gasteiger partial charge in [0.25, 0.3) is 0 Å². The van der Waals surface area contributed by atoms with E-state index in [0.29, 0.717) is 12.0 Å². The molecule has 0 radical (unpaired) electrons. The predicted octanol–water partition coefficient (Wildman–Crippen LogP) is 6.38. The molecule has 140 valence electrons. The summed E-state index contributed by atoms with van der Waals surface area (Å²) in [6.45, 7) is 4.35. The van der Waals surface area contributed by atoms with E-state index in [9.17, 15) is 15.0 Å². The molecule has 3 heteroatoms. The van der Waals surface area contributed by atoms with E-state index in [-0.39, 0.29) is 17.3 Å². The maximum Gasteiger partial charge on any atom is 0.164 e. The Bertz CT molecular complexity index is 546. The van der Waals surface area contributed by atoms with Gasteiger partial charge in [0.15, 0.2) is 17.3 Å². The highest BCUT2D eigenvalue weighted by atomic mass is 16.3. The first kappa shape index (κ1) is 21.3. The van der Waals surface area contributed by atoms with Gasteiger partial charge in [-0.3, -0.25) is 4.79 Å². The molecule has 0 spiro atoms. The normalized spacial score (nSPS) is 11.7. The molecule has 2 N–H and O–H groups in total. The summed E-state index contributed by atoms with van der Waals surface area (Å²) in [7, 11) is 0. The van der Waals surface area contributed by atoms with E-state index in [1.165, 1.54) is 25.3 Å². The Morgan fingerprint density at radius 1 is 0.880 bits per heavy atom. The number of Topliss-reactive ketones (excluding diaryl/α,β-unsaturated/α-hetero) is 1. The molecule has 0 saturated carbocycles. The van der Waals surface area contributed by atoms with Crippen LogP contribution in [0, 0.1) is 0 Å². The lowest BCUT2D eigenvalue weighted by Crippen LogP contribution is -2.03. The maximum absolute atomic E-state index is 12.6. The van der Waals surface area contributed by atoms with Gasteiger partial charge in [0.05, 0.1) is 0 Å². The van der Waals surface area contributed by atoms with Crippen molar-refractivity contribution < 1.29 is 15.0 Å². The molecular weight excluding hydrogens is 312 g/mol. The Morgan fingerprint density at radius 3 is 2.16 bits per heavy atom. The van der Waals surface area contributed by atoms with Gasteiger partial charge in [-0.15, -0.1) is 0 Å². The molecule has 3 nitrogen and oxygen atoms in total. The van der Waals surface area contributed by atoms with Crippen LogP contribution in [0.25, 0.3) is 6.08 Å². The van der Waals surface area contributed by atoms with Crippen LogP contribution in [0.3, 0.4) is 0 Å². The summed E-state index contributed by atoms with van der Waals surface area (Å²) < 4.78 is 0. The minimum absolute atomic E-state index is 0.147. The zero-order chi connectivity index (χ0) is 18.5. The van der Waals surface area contributed by atoms with Crippen molar-refractivity contribution in [1.82, 2.24) is 0 Å². The van der Waals surface area contributed by atoms with Crippen LogP contribution >= 0.6 is 0 Å². The van der Waals surface area contributed by atoms with Gasteiger partial charge in [0.2, 0.25) is 0 Å². The molecule has 0 fully saturated rings. The molecule has 1 aromatic carbocycles. The average molecular weight is 347 g/mol. The van der Waals surface area contributed by atoms with Gasteiger partial charge in [0, 0.05) is 12.0 Å². The number of para-hydroxylation sites is 1. The molecule has 0 aliphatic carbocycles. The average Bonchev–Trinajstić information content (AvgIpc) is 2.61. The standard InChI is InChI=1S/C22H34O3/c1-3-5-7-9-10-13-18(20(23)15-11-8-6-4-2)17-19-14-12-16-21(24)22(19)25/h12,14,16-17,24-25H,3-11,13,15H2,1-2H3/b18-17-. The molecule has 0 amide bonds. The number of rotatable bonds is 13. The van der Waals surface area contributed by atoms with Crippen LogP contribution in [-0.2, 0) is 4.79 Å². The van der Waals surface area contributed by atoms with Gasteiger partial charge < -0.3 is 10.2 Å². The van der Waals surface area contributed by atoms with Crippen LogP contribution in [0.1, 0.15) is 90.0 Å². The van der Waals surface area contributed by atoms with Crippen LogP contribution < -0.4 is 0 Å². The molecule has 25 heavy (non-hydrogen) atoms. The predicted molar refractivity (Wildman–Crippen MR) is 105 cm³/mol. The van der Waals surface area contributed by atoms with Crippen LogP contribution in [-0.4, -0.2) is 16.0 Å². The molecule has 0 aliphatic rings. The Morgan fingerprint density at radius 2 is 1.48 bits per heavy atom. The number of hydrogen-bond donors (Lipinski definition) is 2. The minimum atomic E-state index is -0.148. The first-order chi connectivity index (χ1) is 12.1. The molecule has 0 aromatic heterocycles. The molecule has 0 saturated heterocycles. The van der Waals surface area contributed by atoms with Crippen LogP contribution in [0.2, 0.25) is 0 Å². The lowest BCUT2D eigenvalue weighted by Gasteiger charge is -2.09. The van der Waals surface area contributed by atoms with Crippen LogP contribution in [0.5, 0.6) is 11.5 Å². The highest BCUT2D eigenvalue weighted by Gasteiger charge is 2.12. The molecule has 1 aromatic rings. The first-order valence-electron chi connectivity index (χ1n) is 9.84. The summed E-state index contributed by atoms with van der Waals surface area (Å²) in [6.07, 6.45) is 13.2. The molecule has 0 aliphatic heterocycles. The van der Waals surface area contributed by atoms with Crippen molar-refractivity contribution in [3.8, 4) is 11.5 Å². The van der Waals surface area contributed by atoms with Gasteiger partial charge in [0.1, 0.15) is 0 Å². The maximum atomic E-state index is 12.6. The summed E-state index contributed by atoms with van der Waals surface area (Å²) in [4.78, 5) is 12.6. The van der Waals surface area contributed by atoms with Crippen molar-refractivity contribution in [3.05, 3.63) is 29.3 Å². The fourth-order valence-electron chi connectivity index (χ4n) is 2.94. The van der Waals surface area contributed by atoms with E-state index in [1.807, 2.05) is 0 Å². The van der Waals surface area contributed by atoms with E-state index >= 15 is 0 Å². The second-order valence-corrected chi connectivity index (χ2v) is 6.78. The topological polar surface area (TPSA) is 57.5 Å². The van der Waals surface area contributed by atoms with Gasteiger partial charge in [-0.05, 0) is 37.0 Å². The van der Waals surface area contributed by atoms with Gasteiger partial charge in [-0.1, -0.05) is 70.9 Å². The number of hydrogen-bond acceptors (Lipinski definition) is 3. The number of phenolic OH excluding ortho intramolecular Hbond substituents is 2. The third-order valence-electron chi connectivity index (χ3n) is 4.54. The number of ketones is 1. The van der Waals surface area contributed by atoms with E-state index in [4.69, 9.17) is 0 Å². The number of carbonyl (C=O) groups excluding carboxylic acids is 1. The van der Waals surface area contributed by atoms with Crippen molar-refractivity contribution in [3.63, 3.8) is 0 Å². The zero-order valence-electron chi connectivity index (χ0n) is 15.9. The summed E-state index contributed by atoms with van der Waals surface area (Å²) >= 11 is 0. The third-order valence-corrected chi connectivity index (χ3v) is 4.54. The summed E-state index contributed by atoms with van der Waals surface area (Å²) in [5.74, 6) is -0.120. The SMILES string of the molecule is CCCCCCC/C(=C/c1cccc(O)c1O)C(=O)CCCCCC. The fraction of sp³-hybridized carbons (Fsp3) is 0.591. The third kappa shape index (κ3) is 8.24. The van der Waals surface area contributed by atoms with Gasteiger partial charge in [-0.25, -0.2) is 0 Å². The highest BCUT2D eigenvalue weighted by Crippen LogP contribution is 2.31. The Balaban J connectivity index is 2.77. The van der Waals surface area contributed by atoms with Crippen molar-refractivity contribution in [2.24, 2.45) is 0 Å². The van der Waals surface area contributed by atoms with Crippen molar-refractivity contribution in [2.75, 3.05) is 0 Å². The molecule has 0 atom stereocenters. The van der Waals surface area contributed by atoms with Crippen LogP contribution in [0.4, 0.5) is 0 Å². The van der Waals surface area contributed by atoms with E-state index in [1.54, 1.807) is 18.2 Å². The number of allylic oxidation sites excluding steroid dienone is 1. The van der Waals surface area contributed by atoms with E-state index in [0.717, 1.165) is 50.5 Å². The number of carbonyl (C=O) groups is 1. The minimum Gasteiger partial charge on any atom is -0.504 e. The molecule has 0 unspecified atom stereocenters. The zero-order valence-corrected chi connectivity index (χ0v) is 15.9. The van der Waals surface area contributed by atoms with Crippen LogP contribution in [0.15, 0.2) is 23.8 Å². The lowest BCUT2D eigenvalue weighted by atomic mass is 9.96. The molecule has 0 heterocycles. The number of aromatic hydroxyl groups is 2. The Labute approximate surface area is 152 Å². The van der Waals surface area contributed by atoms with Crippen molar-refractivity contribution in [1.29, 1.82) is 0 Å². The van der Waals surface area contributed by atoms with Gasteiger partial charge in [-0.2, -0.15) is 0 Å². The van der Waals surface area contributed by atoms with E-state index in [2.05, 4.69) is 13.8 Å². The van der Waals surface area contributed by atoms with Crippen molar-refractivity contribution >= 4 is 11.9 Å². The van der Waals surface area contributed by atoms with Crippen molar-refractivity contribution in [2.45, 2.75) is 84.5 Å². The summed E-state index contributed by atoms with van der Waals surface area (Å²) in [6, 6.07) is 4.87. The van der Waals surface area contributed by atoms with E-state index < -0.39 is 0 Å². The Kier molecular flexibility index (Phi) is 10.7. The summed E-state index contributed by atoms with van der Waals surface area (Å²) in [5, 5.41) is 19.7. The number of benzene rings is 1. The first-order valence-corrected chi connectivity index (χ1v) is 9.84. The molecular formula is C22H34O3. The molecule has 1 rings (SSSR count). The smallest absolute Gasteiger partial charge is 0.164 e. The molecule has 0 bridgehead atoms. The van der Waals surface area contributed by atoms with Gasteiger partial charge >= 0.3 is 0 Å². The largest absolute Gasteiger partial charge is 0.504 e. The fourth-order valence-corrected chi connectivity index (χ4v) is 2.94. The number of phenols is 2. The lowest BCUT2D eigenvalue weighted by molar-refractivity contribution is -0.115.